The van der Waals surface area contributed by atoms with Crippen molar-refractivity contribution < 1.29 is 4.79 Å². The lowest BCUT2D eigenvalue weighted by molar-refractivity contribution is 0.101. The van der Waals surface area contributed by atoms with Crippen molar-refractivity contribution in [3.8, 4) is 11.3 Å². The number of benzene rings is 1. The second-order valence-corrected chi connectivity index (χ2v) is 3.20. The molecular weight excluding hydrogens is 188 g/mol. The highest BCUT2D eigenvalue weighted by molar-refractivity contribution is 6.00. The summed E-state index contributed by atoms with van der Waals surface area (Å²) in [4.78, 5) is 19.4. The molecule has 0 aliphatic rings. The Morgan fingerprint density at radius 1 is 1.20 bits per heavy atom. The van der Waals surface area contributed by atoms with Crippen LogP contribution in [0, 0.1) is 0 Å². The van der Waals surface area contributed by atoms with Crippen LogP contribution >= 0.6 is 0 Å². The highest BCUT2D eigenvalue weighted by Crippen LogP contribution is 2.20. The summed E-state index contributed by atoms with van der Waals surface area (Å²) in [5.74, 6) is 0.0456. The third kappa shape index (κ3) is 1.91. The van der Waals surface area contributed by atoms with Gasteiger partial charge in [0.25, 0.3) is 0 Å². The quantitative estimate of drug-likeness (QED) is 0.695. The van der Waals surface area contributed by atoms with Crippen LogP contribution in [0.4, 0.5) is 0 Å². The van der Waals surface area contributed by atoms with E-state index in [1.165, 1.54) is 6.33 Å². The number of aromatic nitrogens is 2. The molecule has 2 rings (SSSR count). The van der Waals surface area contributed by atoms with E-state index >= 15 is 0 Å². The molecule has 0 saturated heterocycles. The Morgan fingerprint density at radius 3 is 2.67 bits per heavy atom. The normalized spacial score (nSPS) is 9.93. The Morgan fingerprint density at radius 2 is 2.00 bits per heavy atom. The number of Topliss-reactive ketones (excluding diaryl/α,β-unsaturated/α-hetero) is 1. The topological polar surface area (TPSA) is 42.9 Å². The van der Waals surface area contributed by atoms with E-state index < -0.39 is 0 Å². The summed E-state index contributed by atoms with van der Waals surface area (Å²) in [6.45, 7) is 1.56. The number of rotatable bonds is 2. The molecule has 2 aromatic rings. The minimum atomic E-state index is 0.0456. The molecule has 0 bridgehead atoms. The smallest absolute Gasteiger partial charge is 0.160 e. The highest BCUT2D eigenvalue weighted by atomic mass is 16.1. The lowest BCUT2D eigenvalue weighted by Crippen LogP contribution is -1.96. The van der Waals surface area contributed by atoms with E-state index in [1.807, 2.05) is 18.2 Å². The van der Waals surface area contributed by atoms with E-state index in [0.29, 0.717) is 5.56 Å². The van der Waals surface area contributed by atoms with Crippen LogP contribution in [0.1, 0.15) is 17.3 Å². The van der Waals surface area contributed by atoms with Crippen molar-refractivity contribution in [1.29, 1.82) is 0 Å². The third-order valence-corrected chi connectivity index (χ3v) is 2.16. The summed E-state index contributed by atoms with van der Waals surface area (Å²) in [6, 6.07) is 9.23. The van der Waals surface area contributed by atoms with Crippen molar-refractivity contribution in [3.63, 3.8) is 0 Å². The Bertz CT molecular complexity index is 480. The van der Waals surface area contributed by atoms with E-state index in [9.17, 15) is 4.79 Å². The summed E-state index contributed by atoms with van der Waals surface area (Å²) in [7, 11) is 0. The average Bonchev–Trinajstić information content (AvgIpc) is 2.30. The van der Waals surface area contributed by atoms with Gasteiger partial charge in [0, 0.05) is 17.3 Å². The molecule has 1 heterocycles. The van der Waals surface area contributed by atoms with Crippen molar-refractivity contribution in [2.24, 2.45) is 0 Å². The maximum Gasteiger partial charge on any atom is 0.160 e. The van der Waals surface area contributed by atoms with Gasteiger partial charge in [-0.3, -0.25) is 4.79 Å². The van der Waals surface area contributed by atoms with Gasteiger partial charge in [0.05, 0.1) is 5.69 Å². The van der Waals surface area contributed by atoms with Crippen LogP contribution in [-0.2, 0) is 0 Å². The predicted octanol–water partition coefficient (Wildman–Crippen LogP) is 2.35. The number of nitrogens with zero attached hydrogens (tertiary/aromatic N) is 2. The minimum absolute atomic E-state index is 0.0456. The maximum atomic E-state index is 11.4. The first-order valence-electron chi connectivity index (χ1n) is 4.65. The molecule has 1 aromatic heterocycles. The van der Waals surface area contributed by atoms with Crippen LogP contribution < -0.4 is 0 Å². The number of ketones is 1. The molecule has 0 N–H and O–H groups in total. The fourth-order valence-corrected chi connectivity index (χ4v) is 1.46. The molecule has 3 heteroatoms. The lowest BCUT2D eigenvalue weighted by atomic mass is 10.0. The van der Waals surface area contributed by atoms with Crippen molar-refractivity contribution in [3.05, 3.63) is 48.4 Å². The van der Waals surface area contributed by atoms with Gasteiger partial charge in [-0.2, -0.15) is 0 Å². The van der Waals surface area contributed by atoms with Gasteiger partial charge in [-0.25, -0.2) is 9.97 Å². The van der Waals surface area contributed by atoms with Crippen LogP contribution in [0.25, 0.3) is 11.3 Å². The van der Waals surface area contributed by atoms with Crippen LogP contribution in [0.3, 0.4) is 0 Å². The number of carbonyl (C=O) groups excluding carboxylic acids is 1. The molecule has 0 fully saturated rings. The van der Waals surface area contributed by atoms with Crippen LogP contribution in [0.5, 0.6) is 0 Å². The first-order chi connectivity index (χ1) is 7.29. The summed E-state index contributed by atoms with van der Waals surface area (Å²) < 4.78 is 0. The molecule has 0 radical (unpaired) electrons. The van der Waals surface area contributed by atoms with Crippen LogP contribution in [-0.4, -0.2) is 15.8 Å². The summed E-state index contributed by atoms with van der Waals surface area (Å²) in [6.07, 6.45) is 3.14. The molecular formula is C12H10N2O. The van der Waals surface area contributed by atoms with Gasteiger partial charge < -0.3 is 0 Å². The average molecular weight is 198 g/mol. The molecule has 3 nitrogen and oxygen atoms in total. The first kappa shape index (κ1) is 9.52. The largest absolute Gasteiger partial charge is 0.294 e. The standard InChI is InChI=1S/C12H10N2O/c1-9(15)10-4-2-3-5-11(10)12-6-7-13-8-14-12/h2-8H,1H3. The Kier molecular flexibility index (Phi) is 2.54. The van der Waals surface area contributed by atoms with Crippen LogP contribution in [0.15, 0.2) is 42.9 Å². The molecule has 0 saturated carbocycles. The van der Waals surface area contributed by atoms with E-state index in [4.69, 9.17) is 0 Å². The summed E-state index contributed by atoms with van der Waals surface area (Å²) >= 11 is 0. The molecule has 74 valence electrons. The molecule has 1 aromatic carbocycles. The van der Waals surface area contributed by atoms with Gasteiger partial charge in [-0.15, -0.1) is 0 Å². The lowest BCUT2D eigenvalue weighted by Gasteiger charge is -2.04. The van der Waals surface area contributed by atoms with E-state index in [-0.39, 0.29) is 5.78 Å². The molecule has 0 spiro atoms. The SMILES string of the molecule is CC(=O)c1ccccc1-c1ccncn1. The van der Waals surface area contributed by atoms with Crippen molar-refractivity contribution >= 4 is 5.78 Å². The molecule has 0 amide bonds. The summed E-state index contributed by atoms with van der Waals surface area (Å²) in [5, 5.41) is 0. The highest BCUT2D eigenvalue weighted by Gasteiger charge is 2.08. The maximum absolute atomic E-state index is 11.4. The van der Waals surface area contributed by atoms with Gasteiger partial charge in [-0.1, -0.05) is 24.3 Å². The Hall–Kier alpha value is -2.03. The van der Waals surface area contributed by atoms with Gasteiger partial charge in [0.2, 0.25) is 0 Å². The number of hydrogen-bond donors (Lipinski definition) is 0. The predicted molar refractivity (Wildman–Crippen MR) is 57.5 cm³/mol. The molecule has 0 atom stereocenters. The molecule has 0 unspecified atom stereocenters. The van der Waals surface area contributed by atoms with Crippen molar-refractivity contribution in [2.45, 2.75) is 6.92 Å². The molecule has 0 aliphatic heterocycles. The second-order valence-electron chi connectivity index (χ2n) is 3.20. The number of hydrogen-bond acceptors (Lipinski definition) is 3. The van der Waals surface area contributed by atoms with E-state index in [2.05, 4.69) is 9.97 Å². The van der Waals surface area contributed by atoms with Gasteiger partial charge in [0.15, 0.2) is 5.78 Å². The monoisotopic (exact) mass is 198 g/mol. The van der Waals surface area contributed by atoms with Gasteiger partial charge in [0.1, 0.15) is 6.33 Å². The van der Waals surface area contributed by atoms with Gasteiger partial charge >= 0.3 is 0 Å². The van der Waals surface area contributed by atoms with E-state index in [0.717, 1.165) is 11.3 Å². The van der Waals surface area contributed by atoms with Crippen molar-refractivity contribution in [2.75, 3.05) is 0 Å². The Labute approximate surface area is 87.8 Å². The zero-order valence-electron chi connectivity index (χ0n) is 8.34. The zero-order valence-corrected chi connectivity index (χ0v) is 8.34. The fraction of sp³-hybridized carbons (Fsp3) is 0.0833. The molecule has 15 heavy (non-hydrogen) atoms. The third-order valence-electron chi connectivity index (χ3n) is 2.16. The zero-order chi connectivity index (χ0) is 10.7. The van der Waals surface area contributed by atoms with Gasteiger partial charge in [-0.05, 0) is 13.0 Å². The molecule has 0 aliphatic carbocycles. The fourth-order valence-electron chi connectivity index (χ4n) is 1.46. The van der Waals surface area contributed by atoms with E-state index in [1.54, 1.807) is 25.3 Å². The first-order valence-corrected chi connectivity index (χ1v) is 4.65. The number of carbonyl (C=O) groups is 1. The second kappa shape index (κ2) is 4.00. The Balaban J connectivity index is 2.58. The minimum Gasteiger partial charge on any atom is -0.294 e. The van der Waals surface area contributed by atoms with Crippen LogP contribution in [0.2, 0.25) is 0 Å². The summed E-state index contributed by atoms with van der Waals surface area (Å²) in [5.41, 5.74) is 2.32. The van der Waals surface area contributed by atoms with Crippen molar-refractivity contribution in [1.82, 2.24) is 9.97 Å².